The topological polar surface area (TPSA) is 62.7 Å². The van der Waals surface area contributed by atoms with Gasteiger partial charge in [-0.3, -0.25) is 0 Å². The highest BCUT2D eigenvalue weighted by molar-refractivity contribution is 14.0. The third-order valence-corrected chi connectivity index (χ3v) is 3.79. The van der Waals surface area contributed by atoms with Gasteiger partial charge in [0.2, 0.25) is 5.95 Å². The van der Waals surface area contributed by atoms with E-state index in [1.807, 2.05) is 32.2 Å². The summed E-state index contributed by atoms with van der Waals surface area (Å²) in [5.74, 6) is 1.60. The molecule has 1 aromatic heterocycles. The second kappa shape index (κ2) is 8.45. The van der Waals surface area contributed by atoms with Gasteiger partial charge in [0.25, 0.3) is 0 Å². The van der Waals surface area contributed by atoms with Crippen molar-refractivity contribution in [2.75, 3.05) is 32.1 Å². The highest BCUT2D eigenvalue weighted by Crippen LogP contribution is 2.13. The lowest BCUT2D eigenvalue weighted by atomic mass is 10.2. The first-order chi connectivity index (χ1) is 9.59. The van der Waals surface area contributed by atoms with E-state index < -0.39 is 0 Å². The summed E-state index contributed by atoms with van der Waals surface area (Å²) in [4.78, 5) is 13.1. The van der Waals surface area contributed by atoms with E-state index in [9.17, 15) is 0 Å². The zero-order valence-corrected chi connectivity index (χ0v) is 15.6. The van der Waals surface area contributed by atoms with Crippen molar-refractivity contribution in [1.82, 2.24) is 14.5 Å². The van der Waals surface area contributed by atoms with Crippen LogP contribution in [0.25, 0.3) is 0 Å². The molecule has 120 valence electrons. The van der Waals surface area contributed by atoms with Crippen molar-refractivity contribution < 1.29 is 0 Å². The Labute approximate surface area is 144 Å². The van der Waals surface area contributed by atoms with Crippen LogP contribution >= 0.6 is 24.0 Å². The second-order valence-electron chi connectivity index (χ2n) is 5.58. The number of rotatable bonds is 3. The van der Waals surface area contributed by atoms with E-state index >= 15 is 0 Å². The smallest absolute Gasteiger partial charge is 0.204 e. The third kappa shape index (κ3) is 4.76. The molecule has 2 N–H and O–H groups in total. The minimum atomic E-state index is 0. The molecule has 0 radical (unpaired) electrons. The fraction of sp³-hybridized carbons (Fsp3) is 0.714. The van der Waals surface area contributed by atoms with E-state index in [4.69, 9.17) is 5.73 Å². The Kier molecular flexibility index (Phi) is 7.27. The number of hydrogen-bond acceptors (Lipinski definition) is 3. The third-order valence-electron chi connectivity index (χ3n) is 3.79. The Morgan fingerprint density at radius 3 is 2.43 bits per heavy atom. The average Bonchev–Trinajstić information content (AvgIpc) is 2.65. The molecule has 1 fully saturated rings. The molecule has 0 unspecified atom stereocenters. The molecule has 1 saturated heterocycles. The Morgan fingerprint density at radius 1 is 1.29 bits per heavy atom. The maximum Gasteiger partial charge on any atom is 0.204 e. The predicted octanol–water partition coefficient (Wildman–Crippen LogP) is 1.79. The number of aromatic nitrogens is 2. The molecule has 1 aromatic rings. The first-order valence-electron chi connectivity index (χ1n) is 7.32. The van der Waals surface area contributed by atoms with E-state index in [1.165, 1.54) is 25.7 Å². The largest absolute Gasteiger partial charge is 0.370 e. The van der Waals surface area contributed by atoms with Crippen molar-refractivity contribution in [2.24, 2.45) is 17.8 Å². The number of guanidine groups is 1. The molecule has 1 aliphatic rings. The van der Waals surface area contributed by atoms with Gasteiger partial charge in [-0.05, 0) is 12.8 Å². The summed E-state index contributed by atoms with van der Waals surface area (Å²) in [6, 6.07) is 0. The number of imidazole rings is 1. The molecule has 0 aliphatic carbocycles. The van der Waals surface area contributed by atoms with Crippen LogP contribution in [0, 0.1) is 0 Å². The van der Waals surface area contributed by atoms with E-state index in [2.05, 4.69) is 19.4 Å². The van der Waals surface area contributed by atoms with Gasteiger partial charge in [0.05, 0.1) is 18.4 Å². The minimum absolute atomic E-state index is 0. The Hall–Kier alpha value is -0.990. The minimum Gasteiger partial charge on any atom is -0.370 e. The predicted molar refractivity (Wildman–Crippen MR) is 98.3 cm³/mol. The Bertz CT molecular complexity index is 460. The zero-order valence-electron chi connectivity index (χ0n) is 13.2. The summed E-state index contributed by atoms with van der Waals surface area (Å²) in [7, 11) is 5.98. The molecule has 2 heterocycles. The number of anilines is 1. The zero-order chi connectivity index (χ0) is 14.5. The van der Waals surface area contributed by atoms with Crippen LogP contribution in [-0.4, -0.2) is 47.6 Å². The summed E-state index contributed by atoms with van der Waals surface area (Å²) in [5, 5.41) is 0. The first-order valence-corrected chi connectivity index (χ1v) is 7.32. The lowest BCUT2D eigenvalue weighted by molar-refractivity contribution is 0.428. The summed E-state index contributed by atoms with van der Waals surface area (Å²) >= 11 is 0. The molecule has 0 spiro atoms. The molecular formula is C14H27IN6. The normalized spacial score (nSPS) is 16.3. The van der Waals surface area contributed by atoms with Crippen molar-refractivity contribution >= 4 is 35.9 Å². The molecule has 0 amide bonds. The van der Waals surface area contributed by atoms with E-state index in [0.717, 1.165) is 24.7 Å². The van der Waals surface area contributed by atoms with Gasteiger partial charge in [-0.25, -0.2) is 9.98 Å². The summed E-state index contributed by atoms with van der Waals surface area (Å²) < 4.78 is 2.05. The molecule has 0 atom stereocenters. The maximum absolute atomic E-state index is 6.12. The number of nitrogens with zero attached hydrogens (tertiary/aromatic N) is 5. The fourth-order valence-electron chi connectivity index (χ4n) is 2.56. The van der Waals surface area contributed by atoms with Gasteiger partial charge < -0.3 is 20.1 Å². The highest BCUT2D eigenvalue weighted by Gasteiger charge is 2.12. The van der Waals surface area contributed by atoms with Crippen LogP contribution in [0.2, 0.25) is 0 Å². The number of aliphatic imine (C=N–C) groups is 1. The molecule has 1 aliphatic heterocycles. The van der Waals surface area contributed by atoms with Crippen LogP contribution in [0.4, 0.5) is 5.95 Å². The summed E-state index contributed by atoms with van der Waals surface area (Å²) in [6.07, 6.45) is 6.91. The standard InChI is InChI=1S/C14H26N6.HI/c1-18(2)14-17-11-12(19(14)3)10-16-13(15)20-8-6-4-5-7-9-20;/h11H,4-10H2,1-3H3,(H2,15,16);1H. The summed E-state index contributed by atoms with van der Waals surface area (Å²) in [6.45, 7) is 2.65. The fourth-order valence-corrected chi connectivity index (χ4v) is 2.56. The Balaban J connectivity index is 0.00000220. The van der Waals surface area contributed by atoms with Gasteiger partial charge >= 0.3 is 0 Å². The lowest BCUT2D eigenvalue weighted by Crippen LogP contribution is -2.38. The quantitative estimate of drug-likeness (QED) is 0.473. The number of nitrogens with two attached hydrogens (primary N) is 1. The van der Waals surface area contributed by atoms with Crippen molar-refractivity contribution in [3.8, 4) is 0 Å². The van der Waals surface area contributed by atoms with E-state index in [-0.39, 0.29) is 24.0 Å². The van der Waals surface area contributed by atoms with Gasteiger partial charge in [-0.2, -0.15) is 0 Å². The first kappa shape index (κ1) is 18.1. The van der Waals surface area contributed by atoms with Crippen LogP contribution in [0.1, 0.15) is 31.4 Å². The van der Waals surface area contributed by atoms with Gasteiger partial charge in [-0.1, -0.05) is 12.8 Å². The molecule has 6 nitrogen and oxygen atoms in total. The number of likely N-dealkylation sites (tertiary alicyclic amines) is 1. The molecule has 0 aromatic carbocycles. The molecular weight excluding hydrogens is 379 g/mol. The molecule has 21 heavy (non-hydrogen) atoms. The van der Waals surface area contributed by atoms with E-state index in [1.54, 1.807) is 0 Å². The highest BCUT2D eigenvalue weighted by atomic mass is 127. The van der Waals surface area contributed by atoms with Crippen LogP contribution in [0.5, 0.6) is 0 Å². The van der Waals surface area contributed by atoms with Gasteiger partial charge in [0.1, 0.15) is 0 Å². The molecule has 7 heteroatoms. The van der Waals surface area contributed by atoms with Crippen molar-refractivity contribution in [3.05, 3.63) is 11.9 Å². The van der Waals surface area contributed by atoms with Crippen molar-refractivity contribution in [3.63, 3.8) is 0 Å². The maximum atomic E-state index is 6.12. The van der Waals surface area contributed by atoms with Crippen molar-refractivity contribution in [1.29, 1.82) is 0 Å². The number of hydrogen-bond donors (Lipinski definition) is 1. The average molecular weight is 406 g/mol. The van der Waals surface area contributed by atoms with Gasteiger partial charge in [0.15, 0.2) is 5.96 Å². The van der Waals surface area contributed by atoms with Gasteiger partial charge in [-0.15, -0.1) is 24.0 Å². The number of halogens is 1. The Morgan fingerprint density at radius 2 is 1.90 bits per heavy atom. The monoisotopic (exact) mass is 406 g/mol. The summed E-state index contributed by atoms with van der Waals surface area (Å²) in [5.41, 5.74) is 7.19. The SMILES string of the molecule is CN(C)c1ncc(CN=C(N)N2CCCCCC2)n1C.I. The second-order valence-corrected chi connectivity index (χ2v) is 5.58. The molecule has 2 rings (SSSR count). The van der Waals surface area contributed by atoms with Crippen LogP contribution in [0.15, 0.2) is 11.2 Å². The lowest BCUT2D eigenvalue weighted by Gasteiger charge is -2.21. The van der Waals surface area contributed by atoms with Gasteiger partial charge in [0, 0.05) is 34.2 Å². The van der Waals surface area contributed by atoms with Crippen LogP contribution < -0.4 is 10.6 Å². The van der Waals surface area contributed by atoms with Crippen LogP contribution in [0.3, 0.4) is 0 Å². The van der Waals surface area contributed by atoms with Crippen LogP contribution in [-0.2, 0) is 13.6 Å². The van der Waals surface area contributed by atoms with Crippen molar-refractivity contribution in [2.45, 2.75) is 32.2 Å². The van der Waals surface area contributed by atoms with E-state index in [0.29, 0.717) is 12.5 Å². The molecule has 0 saturated carbocycles. The molecule has 0 bridgehead atoms.